The van der Waals surface area contributed by atoms with Crippen molar-refractivity contribution in [3.05, 3.63) is 16.4 Å². The van der Waals surface area contributed by atoms with E-state index < -0.39 is 4.92 Å². The fraction of sp³-hybridized carbons (Fsp3) is 0.636. The molecule has 0 aromatic carbocycles. The molecule has 1 aromatic rings. The molecular weight excluding hydrogens is 248 g/mol. The van der Waals surface area contributed by atoms with Gasteiger partial charge < -0.3 is 10.3 Å². The second kappa shape index (κ2) is 4.96. The van der Waals surface area contributed by atoms with Crippen LogP contribution in [0.2, 0.25) is 0 Å². The van der Waals surface area contributed by atoms with Crippen molar-refractivity contribution in [3.63, 3.8) is 0 Å². The summed E-state index contributed by atoms with van der Waals surface area (Å²) in [6.45, 7) is 5.89. The lowest BCUT2D eigenvalue weighted by atomic mass is 9.83. The summed E-state index contributed by atoms with van der Waals surface area (Å²) in [5.74, 6) is 5.64. The van der Waals surface area contributed by atoms with E-state index in [-0.39, 0.29) is 16.9 Å². The van der Waals surface area contributed by atoms with Gasteiger partial charge in [0.25, 0.3) is 0 Å². The molecule has 0 aliphatic carbocycles. The van der Waals surface area contributed by atoms with E-state index in [1.54, 1.807) is 0 Å². The Kier molecular flexibility index (Phi) is 3.52. The maximum atomic E-state index is 11.2. The zero-order valence-corrected chi connectivity index (χ0v) is 11.1. The summed E-state index contributed by atoms with van der Waals surface area (Å²) in [6, 6.07) is 0. The van der Waals surface area contributed by atoms with Crippen LogP contribution in [0.15, 0.2) is 6.33 Å². The van der Waals surface area contributed by atoms with Gasteiger partial charge in [-0.15, -0.1) is 0 Å². The number of nitrogens with two attached hydrogens (primary N) is 1. The third-order valence-electron chi connectivity index (χ3n) is 3.54. The van der Waals surface area contributed by atoms with Crippen molar-refractivity contribution in [3.8, 4) is 0 Å². The average molecular weight is 266 g/mol. The van der Waals surface area contributed by atoms with Crippen LogP contribution in [-0.2, 0) is 0 Å². The monoisotopic (exact) mass is 266 g/mol. The van der Waals surface area contributed by atoms with Crippen molar-refractivity contribution in [1.29, 1.82) is 0 Å². The minimum atomic E-state index is -0.496. The molecule has 1 aliphatic heterocycles. The molecule has 8 nitrogen and oxygen atoms in total. The van der Waals surface area contributed by atoms with E-state index in [2.05, 4.69) is 29.2 Å². The van der Waals surface area contributed by atoms with E-state index in [0.29, 0.717) is 5.82 Å². The number of nitro groups is 1. The van der Waals surface area contributed by atoms with Crippen LogP contribution in [0.5, 0.6) is 0 Å². The topological polar surface area (TPSA) is 110 Å². The summed E-state index contributed by atoms with van der Waals surface area (Å²) < 4.78 is 0. The van der Waals surface area contributed by atoms with Crippen LogP contribution in [0, 0.1) is 15.5 Å². The molecule has 0 bridgehead atoms. The first-order chi connectivity index (χ1) is 8.94. The zero-order valence-electron chi connectivity index (χ0n) is 11.1. The van der Waals surface area contributed by atoms with Gasteiger partial charge in [0.2, 0.25) is 11.6 Å². The fourth-order valence-corrected chi connectivity index (χ4v) is 2.20. The van der Waals surface area contributed by atoms with E-state index >= 15 is 0 Å². The van der Waals surface area contributed by atoms with Crippen molar-refractivity contribution in [2.45, 2.75) is 26.7 Å². The van der Waals surface area contributed by atoms with Gasteiger partial charge in [0.1, 0.15) is 6.33 Å². The number of rotatable bonds is 3. The number of aromatic nitrogens is 2. The van der Waals surface area contributed by atoms with Crippen molar-refractivity contribution >= 4 is 17.3 Å². The maximum absolute atomic E-state index is 11.2. The molecule has 1 aliphatic rings. The van der Waals surface area contributed by atoms with Crippen molar-refractivity contribution in [2.75, 3.05) is 23.4 Å². The summed E-state index contributed by atoms with van der Waals surface area (Å²) in [5.41, 5.74) is 2.36. The van der Waals surface area contributed by atoms with Crippen LogP contribution in [0.4, 0.5) is 17.3 Å². The summed E-state index contributed by atoms with van der Waals surface area (Å²) in [7, 11) is 0. The zero-order chi connectivity index (χ0) is 14.0. The first-order valence-electron chi connectivity index (χ1n) is 6.15. The number of nitrogen functional groups attached to an aromatic ring is 1. The standard InChI is InChI=1S/C11H18N6O2/c1-11(2)3-5-16(6-4-11)10-8(17(18)19)9(15-12)13-7-14-10/h7H,3-6,12H2,1-2H3,(H,13,14,15). The molecule has 1 aromatic heterocycles. The molecule has 1 fully saturated rings. The van der Waals surface area contributed by atoms with Gasteiger partial charge in [0.15, 0.2) is 0 Å². The molecule has 8 heteroatoms. The van der Waals surface area contributed by atoms with E-state index in [1.807, 2.05) is 4.90 Å². The predicted octanol–water partition coefficient (Wildman–Crippen LogP) is 1.30. The number of piperidine rings is 1. The Morgan fingerprint density at radius 1 is 1.42 bits per heavy atom. The Balaban J connectivity index is 2.32. The Morgan fingerprint density at radius 3 is 2.58 bits per heavy atom. The van der Waals surface area contributed by atoms with Gasteiger partial charge in [-0.3, -0.25) is 10.1 Å². The van der Waals surface area contributed by atoms with Crippen LogP contribution in [0.25, 0.3) is 0 Å². The van der Waals surface area contributed by atoms with E-state index in [4.69, 9.17) is 5.84 Å². The average Bonchev–Trinajstić information content (AvgIpc) is 2.37. The molecule has 0 amide bonds. The lowest BCUT2D eigenvalue weighted by molar-refractivity contribution is -0.383. The molecule has 0 spiro atoms. The highest BCUT2D eigenvalue weighted by molar-refractivity contribution is 5.69. The molecule has 3 N–H and O–H groups in total. The molecule has 0 saturated carbocycles. The summed E-state index contributed by atoms with van der Waals surface area (Å²) in [5, 5.41) is 11.2. The second-order valence-electron chi connectivity index (χ2n) is 5.45. The van der Waals surface area contributed by atoms with Gasteiger partial charge in [-0.2, -0.15) is 0 Å². The van der Waals surface area contributed by atoms with Gasteiger partial charge in [-0.1, -0.05) is 13.8 Å². The number of hydrazine groups is 1. The van der Waals surface area contributed by atoms with Crippen molar-refractivity contribution < 1.29 is 4.92 Å². The largest absolute Gasteiger partial charge is 0.354 e. The summed E-state index contributed by atoms with van der Waals surface area (Å²) in [6.07, 6.45) is 3.23. The Labute approximate surface area is 111 Å². The normalized spacial score (nSPS) is 18.2. The second-order valence-corrected chi connectivity index (χ2v) is 5.45. The van der Waals surface area contributed by atoms with Crippen LogP contribution in [0.1, 0.15) is 26.7 Å². The van der Waals surface area contributed by atoms with Crippen molar-refractivity contribution in [2.24, 2.45) is 11.3 Å². The molecule has 0 unspecified atom stereocenters. The summed E-state index contributed by atoms with van der Waals surface area (Å²) >= 11 is 0. The molecule has 1 saturated heterocycles. The van der Waals surface area contributed by atoms with Gasteiger partial charge in [-0.25, -0.2) is 15.8 Å². The number of anilines is 2. The fourth-order valence-electron chi connectivity index (χ4n) is 2.20. The Hall–Kier alpha value is -1.96. The van der Waals surface area contributed by atoms with E-state index in [9.17, 15) is 10.1 Å². The highest BCUT2D eigenvalue weighted by Crippen LogP contribution is 2.36. The maximum Gasteiger partial charge on any atom is 0.354 e. The van der Waals surface area contributed by atoms with Crippen LogP contribution in [-0.4, -0.2) is 28.0 Å². The lowest BCUT2D eigenvalue weighted by Gasteiger charge is -2.37. The first-order valence-corrected chi connectivity index (χ1v) is 6.15. The van der Waals surface area contributed by atoms with Gasteiger partial charge in [0.05, 0.1) is 4.92 Å². The number of hydrogen-bond donors (Lipinski definition) is 2. The van der Waals surface area contributed by atoms with Crippen LogP contribution in [0.3, 0.4) is 0 Å². The minimum Gasteiger partial charge on any atom is -0.351 e. The van der Waals surface area contributed by atoms with Crippen molar-refractivity contribution in [1.82, 2.24) is 9.97 Å². The molecule has 104 valence electrons. The lowest BCUT2D eigenvalue weighted by Crippen LogP contribution is -2.38. The third kappa shape index (κ3) is 2.73. The molecule has 2 heterocycles. The molecule has 19 heavy (non-hydrogen) atoms. The molecule has 2 rings (SSSR count). The molecular formula is C11H18N6O2. The highest BCUT2D eigenvalue weighted by atomic mass is 16.6. The molecule has 0 atom stereocenters. The Morgan fingerprint density at radius 2 is 2.05 bits per heavy atom. The third-order valence-corrected chi connectivity index (χ3v) is 3.54. The number of nitrogens with one attached hydrogen (secondary N) is 1. The first kappa shape index (κ1) is 13.5. The predicted molar refractivity (Wildman–Crippen MR) is 71.7 cm³/mol. The van der Waals surface area contributed by atoms with Gasteiger partial charge in [0, 0.05) is 13.1 Å². The van der Waals surface area contributed by atoms with Gasteiger partial charge >= 0.3 is 5.69 Å². The number of nitrogens with zero attached hydrogens (tertiary/aromatic N) is 4. The smallest absolute Gasteiger partial charge is 0.351 e. The minimum absolute atomic E-state index is 0.0415. The van der Waals surface area contributed by atoms with Crippen LogP contribution < -0.4 is 16.2 Å². The Bertz CT molecular complexity index is 480. The van der Waals surface area contributed by atoms with Gasteiger partial charge in [-0.05, 0) is 18.3 Å². The SMILES string of the molecule is CC1(C)CCN(c2ncnc(NN)c2[N+](=O)[O-])CC1. The van der Waals surface area contributed by atoms with Crippen LogP contribution >= 0.6 is 0 Å². The number of hydrogen-bond acceptors (Lipinski definition) is 7. The quantitative estimate of drug-likeness (QED) is 0.482. The molecule has 0 radical (unpaired) electrons. The van der Waals surface area contributed by atoms with E-state index in [1.165, 1.54) is 6.33 Å². The highest BCUT2D eigenvalue weighted by Gasteiger charge is 2.31. The van der Waals surface area contributed by atoms with E-state index in [0.717, 1.165) is 25.9 Å². The summed E-state index contributed by atoms with van der Waals surface area (Å²) in [4.78, 5) is 20.4.